The van der Waals surface area contributed by atoms with E-state index in [4.69, 9.17) is 11.5 Å². The molecular weight excluding hydrogens is 254 g/mol. The van der Waals surface area contributed by atoms with E-state index < -0.39 is 0 Å². The average molecular weight is 275 g/mol. The molecular formula is C15H21N3O2. The molecule has 2 unspecified atom stereocenters. The van der Waals surface area contributed by atoms with Gasteiger partial charge in [-0.2, -0.15) is 0 Å². The molecule has 5 heteroatoms. The van der Waals surface area contributed by atoms with Crippen molar-refractivity contribution in [3.8, 4) is 0 Å². The van der Waals surface area contributed by atoms with Crippen LogP contribution in [0.4, 0.5) is 5.69 Å². The Balaban J connectivity index is 2.24. The van der Waals surface area contributed by atoms with E-state index >= 15 is 0 Å². The molecule has 2 amide bonds. The first kappa shape index (κ1) is 14.4. The number of aryl methyl sites for hydroxylation is 1. The lowest BCUT2D eigenvalue weighted by Crippen LogP contribution is -2.48. The third kappa shape index (κ3) is 2.92. The molecule has 1 saturated heterocycles. The van der Waals surface area contributed by atoms with E-state index in [1.165, 1.54) is 0 Å². The van der Waals surface area contributed by atoms with Crippen molar-refractivity contribution < 1.29 is 9.59 Å². The van der Waals surface area contributed by atoms with Crippen LogP contribution in [0.25, 0.3) is 0 Å². The molecule has 2 atom stereocenters. The Kier molecular flexibility index (Phi) is 3.97. The highest BCUT2D eigenvalue weighted by Crippen LogP contribution is 2.24. The van der Waals surface area contributed by atoms with Crippen LogP contribution < -0.4 is 11.5 Å². The number of carbonyl (C=O) groups is 2. The maximum absolute atomic E-state index is 12.6. The van der Waals surface area contributed by atoms with Crippen molar-refractivity contribution in [3.05, 3.63) is 29.3 Å². The highest BCUT2D eigenvalue weighted by molar-refractivity contribution is 5.96. The van der Waals surface area contributed by atoms with Crippen LogP contribution in [0.15, 0.2) is 18.2 Å². The second-order valence-electron chi connectivity index (χ2n) is 5.62. The van der Waals surface area contributed by atoms with Gasteiger partial charge in [-0.1, -0.05) is 0 Å². The number of primary amides is 1. The lowest BCUT2D eigenvalue weighted by Gasteiger charge is -2.37. The molecule has 0 aliphatic carbocycles. The zero-order valence-corrected chi connectivity index (χ0v) is 11.9. The summed E-state index contributed by atoms with van der Waals surface area (Å²) >= 11 is 0. The van der Waals surface area contributed by atoms with E-state index in [1.54, 1.807) is 11.0 Å². The molecule has 0 radical (unpaired) electrons. The summed E-state index contributed by atoms with van der Waals surface area (Å²) in [6, 6.07) is 5.43. The molecule has 20 heavy (non-hydrogen) atoms. The molecule has 1 aliphatic heterocycles. The number of benzene rings is 1. The van der Waals surface area contributed by atoms with Gasteiger partial charge in [0.15, 0.2) is 0 Å². The van der Waals surface area contributed by atoms with E-state index in [9.17, 15) is 9.59 Å². The third-order valence-electron chi connectivity index (χ3n) is 3.89. The predicted molar refractivity (Wildman–Crippen MR) is 78.0 cm³/mol. The molecule has 0 bridgehead atoms. The summed E-state index contributed by atoms with van der Waals surface area (Å²) in [5, 5.41) is 0. The van der Waals surface area contributed by atoms with Crippen LogP contribution in [-0.4, -0.2) is 29.3 Å². The highest BCUT2D eigenvalue weighted by atomic mass is 16.2. The molecule has 1 aliphatic rings. The largest absolute Gasteiger partial charge is 0.399 e. The van der Waals surface area contributed by atoms with Crippen LogP contribution >= 0.6 is 0 Å². The molecule has 2 rings (SSSR count). The van der Waals surface area contributed by atoms with Gasteiger partial charge in [-0.3, -0.25) is 9.59 Å². The maximum Gasteiger partial charge on any atom is 0.254 e. The van der Waals surface area contributed by atoms with Crippen LogP contribution in [0.5, 0.6) is 0 Å². The number of likely N-dealkylation sites (tertiary alicyclic amines) is 1. The van der Waals surface area contributed by atoms with Gasteiger partial charge >= 0.3 is 0 Å². The third-order valence-corrected chi connectivity index (χ3v) is 3.89. The number of anilines is 1. The van der Waals surface area contributed by atoms with Gasteiger partial charge in [0.2, 0.25) is 5.91 Å². The second kappa shape index (κ2) is 5.53. The van der Waals surface area contributed by atoms with Gasteiger partial charge in [-0.15, -0.1) is 0 Å². The van der Waals surface area contributed by atoms with Gasteiger partial charge in [0, 0.05) is 23.8 Å². The summed E-state index contributed by atoms with van der Waals surface area (Å²) in [5.41, 5.74) is 13.2. The lowest BCUT2D eigenvalue weighted by atomic mass is 9.92. The Morgan fingerprint density at radius 1 is 1.25 bits per heavy atom. The van der Waals surface area contributed by atoms with Crippen LogP contribution in [0.2, 0.25) is 0 Å². The van der Waals surface area contributed by atoms with Gasteiger partial charge in [0.1, 0.15) is 0 Å². The topological polar surface area (TPSA) is 89.4 Å². The standard InChI is InChI=1S/C15H21N3O2/c1-9-5-12(7-13(16)6-9)15(20)18-8-11(14(17)19)4-3-10(18)2/h5-7,10-11H,3-4,8,16H2,1-2H3,(H2,17,19). The molecule has 108 valence electrons. The summed E-state index contributed by atoms with van der Waals surface area (Å²) in [5.74, 6) is -0.672. The van der Waals surface area contributed by atoms with Crippen LogP contribution in [0.3, 0.4) is 0 Å². The minimum Gasteiger partial charge on any atom is -0.399 e. The monoisotopic (exact) mass is 275 g/mol. The fourth-order valence-electron chi connectivity index (χ4n) is 2.72. The molecule has 0 spiro atoms. The van der Waals surface area contributed by atoms with E-state index in [-0.39, 0.29) is 23.8 Å². The quantitative estimate of drug-likeness (QED) is 0.797. The van der Waals surface area contributed by atoms with E-state index in [0.29, 0.717) is 17.8 Å². The molecule has 1 aromatic carbocycles. The fraction of sp³-hybridized carbons (Fsp3) is 0.467. The van der Waals surface area contributed by atoms with Crippen LogP contribution in [0, 0.1) is 12.8 Å². The van der Waals surface area contributed by atoms with E-state index in [1.807, 2.05) is 26.0 Å². The zero-order valence-electron chi connectivity index (χ0n) is 11.9. The molecule has 1 heterocycles. The van der Waals surface area contributed by atoms with Gasteiger partial charge in [0.05, 0.1) is 5.92 Å². The lowest BCUT2D eigenvalue weighted by molar-refractivity contribution is -0.123. The molecule has 0 aromatic heterocycles. The Labute approximate surface area is 118 Å². The number of piperidine rings is 1. The molecule has 0 saturated carbocycles. The van der Waals surface area contributed by atoms with Crippen LogP contribution in [-0.2, 0) is 4.79 Å². The van der Waals surface area contributed by atoms with Crippen molar-refractivity contribution in [2.75, 3.05) is 12.3 Å². The SMILES string of the molecule is Cc1cc(N)cc(C(=O)N2CC(C(N)=O)CCC2C)c1. The number of hydrogen-bond donors (Lipinski definition) is 2. The number of nitrogen functional groups attached to an aromatic ring is 1. The molecule has 5 nitrogen and oxygen atoms in total. The van der Waals surface area contributed by atoms with Crippen molar-refractivity contribution in [3.63, 3.8) is 0 Å². The number of amides is 2. The van der Waals surface area contributed by atoms with Crippen molar-refractivity contribution in [1.82, 2.24) is 4.90 Å². The number of rotatable bonds is 2. The van der Waals surface area contributed by atoms with Gasteiger partial charge < -0.3 is 16.4 Å². The Morgan fingerprint density at radius 3 is 2.55 bits per heavy atom. The molecule has 1 fully saturated rings. The number of hydrogen-bond acceptors (Lipinski definition) is 3. The van der Waals surface area contributed by atoms with Gasteiger partial charge in [-0.25, -0.2) is 0 Å². The molecule has 4 N–H and O–H groups in total. The number of nitrogens with two attached hydrogens (primary N) is 2. The summed E-state index contributed by atoms with van der Waals surface area (Å²) in [6.45, 7) is 4.29. The van der Waals surface area contributed by atoms with Crippen LogP contribution in [0.1, 0.15) is 35.7 Å². The smallest absolute Gasteiger partial charge is 0.254 e. The summed E-state index contributed by atoms with van der Waals surface area (Å²) in [7, 11) is 0. The summed E-state index contributed by atoms with van der Waals surface area (Å²) in [6.07, 6.45) is 1.54. The van der Waals surface area contributed by atoms with Crippen molar-refractivity contribution in [2.45, 2.75) is 32.7 Å². The minimum atomic E-state index is -0.335. The van der Waals surface area contributed by atoms with Crippen molar-refractivity contribution in [2.24, 2.45) is 11.7 Å². The molecule has 1 aromatic rings. The van der Waals surface area contributed by atoms with Crippen molar-refractivity contribution >= 4 is 17.5 Å². The Bertz CT molecular complexity index is 522. The zero-order chi connectivity index (χ0) is 14.9. The van der Waals surface area contributed by atoms with E-state index in [2.05, 4.69) is 0 Å². The first-order valence-electron chi connectivity index (χ1n) is 6.86. The van der Waals surface area contributed by atoms with Gasteiger partial charge in [0.25, 0.3) is 5.91 Å². The Hall–Kier alpha value is -2.04. The summed E-state index contributed by atoms with van der Waals surface area (Å²) in [4.78, 5) is 25.7. The minimum absolute atomic E-state index is 0.0844. The number of carbonyl (C=O) groups excluding carboxylic acids is 2. The fourth-order valence-corrected chi connectivity index (χ4v) is 2.72. The summed E-state index contributed by atoms with van der Waals surface area (Å²) < 4.78 is 0. The highest BCUT2D eigenvalue weighted by Gasteiger charge is 2.32. The van der Waals surface area contributed by atoms with Crippen molar-refractivity contribution in [1.29, 1.82) is 0 Å². The number of nitrogens with zero attached hydrogens (tertiary/aromatic N) is 1. The second-order valence-corrected chi connectivity index (χ2v) is 5.62. The first-order chi connectivity index (χ1) is 9.38. The first-order valence-corrected chi connectivity index (χ1v) is 6.86. The predicted octanol–water partition coefficient (Wildman–Crippen LogP) is 1.30. The maximum atomic E-state index is 12.6. The Morgan fingerprint density at radius 2 is 1.95 bits per heavy atom. The normalized spacial score (nSPS) is 22.6. The van der Waals surface area contributed by atoms with E-state index in [0.717, 1.165) is 18.4 Å². The average Bonchev–Trinajstić information content (AvgIpc) is 2.37. The van der Waals surface area contributed by atoms with Gasteiger partial charge in [-0.05, 0) is 50.5 Å².